The van der Waals surface area contributed by atoms with Crippen LogP contribution < -0.4 is 9.64 Å². The molecule has 0 aromatic heterocycles. The molecule has 1 aromatic carbocycles. The summed E-state index contributed by atoms with van der Waals surface area (Å²) >= 11 is 0. The van der Waals surface area contributed by atoms with Crippen LogP contribution in [-0.2, 0) is 0 Å². The molecule has 100 valence electrons. The summed E-state index contributed by atoms with van der Waals surface area (Å²) in [7, 11) is 2.02. The zero-order valence-corrected chi connectivity index (χ0v) is 12.2. The van der Waals surface area contributed by atoms with Crippen LogP contribution in [0.25, 0.3) is 0 Å². The highest BCUT2D eigenvalue weighted by molar-refractivity contribution is 5.65. The Morgan fingerprint density at radius 3 is 2.74 bits per heavy atom. The standard InChI is InChI=1S/C17H21NO/c1-13-9-11-19-16-7-6-14(8-10-17(2,3)4)12-15(16)18(13)5/h6-7,12H,1,9,11H2,2-5H3. The maximum absolute atomic E-state index is 5.74. The fraction of sp³-hybridized carbons (Fsp3) is 0.412. The predicted octanol–water partition coefficient (Wildman–Crippen LogP) is 3.82. The van der Waals surface area contributed by atoms with Gasteiger partial charge in [0, 0.05) is 30.1 Å². The van der Waals surface area contributed by atoms with Crippen molar-refractivity contribution in [1.82, 2.24) is 0 Å². The van der Waals surface area contributed by atoms with Crippen molar-refractivity contribution in [2.75, 3.05) is 18.6 Å². The number of benzene rings is 1. The van der Waals surface area contributed by atoms with Gasteiger partial charge in [-0.1, -0.05) is 18.4 Å². The van der Waals surface area contributed by atoms with Crippen LogP contribution in [0.1, 0.15) is 32.8 Å². The van der Waals surface area contributed by atoms with Crippen molar-refractivity contribution in [3.63, 3.8) is 0 Å². The summed E-state index contributed by atoms with van der Waals surface area (Å²) in [4.78, 5) is 2.09. The highest BCUT2D eigenvalue weighted by atomic mass is 16.5. The molecule has 0 bridgehead atoms. The summed E-state index contributed by atoms with van der Waals surface area (Å²) < 4.78 is 5.74. The summed E-state index contributed by atoms with van der Waals surface area (Å²) in [6.07, 6.45) is 0.855. The van der Waals surface area contributed by atoms with Gasteiger partial charge < -0.3 is 9.64 Å². The first kappa shape index (κ1) is 13.5. The van der Waals surface area contributed by atoms with Gasteiger partial charge in [-0.25, -0.2) is 0 Å². The first-order valence-corrected chi connectivity index (χ1v) is 6.58. The minimum absolute atomic E-state index is 0.0127. The van der Waals surface area contributed by atoms with Crippen molar-refractivity contribution in [2.45, 2.75) is 27.2 Å². The first-order valence-electron chi connectivity index (χ1n) is 6.58. The molecule has 0 fully saturated rings. The summed E-state index contributed by atoms with van der Waals surface area (Å²) in [5.74, 6) is 7.39. The average Bonchev–Trinajstić information content (AvgIpc) is 2.47. The van der Waals surface area contributed by atoms with Crippen LogP contribution in [-0.4, -0.2) is 13.7 Å². The number of ether oxygens (including phenoxy) is 1. The zero-order chi connectivity index (χ0) is 14.0. The summed E-state index contributed by atoms with van der Waals surface area (Å²) in [6, 6.07) is 6.08. The van der Waals surface area contributed by atoms with Crippen LogP contribution in [0.2, 0.25) is 0 Å². The van der Waals surface area contributed by atoms with Gasteiger partial charge in [-0.3, -0.25) is 0 Å². The van der Waals surface area contributed by atoms with Crippen LogP contribution >= 0.6 is 0 Å². The van der Waals surface area contributed by atoms with Crippen molar-refractivity contribution in [3.8, 4) is 17.6 Å². The quantitative estimate of drug-likeness (QED) is 0.653. The van der Waals surface area contributed by atoms with Gasteiger partial charge in [0.2, 0.25) is 0 Å². The Hall–Kier alpha value is -1.88. The monoisotopic (exact) mass is 255 g/mol. The lowest BCUT2D eigenvalue weighted by Crippen LogP contribution is -2.14. The van der Waals surface area contributed by atoms with Crippen molar-refractivity contribution < 1.29 is 4.74 Å². The molecule has 0 saturated carbocycles. The predicted molar refractivity (Wildman–Crippen MR) is 80.4 cm³/mol. The molecule has 0 N–H and O–H groups in total. The Labute approximate surface area is 116 Å². The van der Waals surface area contributed by atoms with E-state index in [-0.39, 0.29) is 5.41 Å². The molecule has 1 aliphatic rings. The van der Waals surface area contributed by atoms with E-state index in [1.807, 2.05) is 19.2 Å². The minimum Gasteiger partial charge on any atom is -0.491 e. The maximum Gasteiger partial charge on any atom is 0.143 e. The van der Waals surface area contributed by atoms with Crippen LogP contribution in [0.5, 0.6) is 5.75 Å². The third-order valence-electron chi connectivity index (χ3n) is 3.02. The molecule has 0 saturated heterocycles. The lowest BCUT2D eigenvalue weighted by Gasteiger charge is -2.20. The van der Waals surface area contributed by atoms with Gasteiger partial charge in [0.25, 0.3) is 0 Å². The Kier molecular flexibility index (Phi) is 3.57. The fourth-order valence-corrected chi connectivity index (χ4v) is 1.86. The Bertz CT molecular complexity index is 555. The summed E-state index contributed by atoms with van der Waals surface area (Å²) in [5, 5.41) is 0. The fourth-order valence-electron chi connectivity index (χ4n) is 1.86. The second-order valence-corrected chi connectivity index (χ2v) is 5.91. The first-order chi connectivity index (χ1) is 8.87. The van der Waals surface area contributed by atoms with Crippen LogP contribution in [0.4, 0.5) is 5.69 Å². The zero-order valence-electron chi connectivity index (χ0n) is 12.2. The van der Waals surface area contributed by atoms with E-state index < -0.39 is 0 Å². The molecule has 0 atom stereocenters. The van der Waals surface area contributed by atoms with E-state index >= 15 is 0 Å². The van der Waals surface area contributed by atoms with E-state index in [0.717, 1.165) is 29.1 Å². The van der Waals surface area contributed by atoms with E-state index in [4.69, 9.17) is 4.74 Å². The van der Waals surface area contributed by atoms with E-state index in [1.54, 1.807) is 0 Å². The van der Waals surface area contributed by atoms with Crippen molar-refractivity contribution in [1.29, 1.82) is 0 Å². The molecule has 2 heteroatoms. The lowest BCUT2D eigenvalue weighted by molar-refractivity contribution is 0.328. The average molecular weight is 255 g/mol. The lowest BCUT2D eigenvalue weighted by atomic mass is 9.97. The third-order valence-corrected chi connectivity index (χ3v) is 3.02. The molecule has 1 aliphatic heterocycles. The number of rotatable bonds is 0. The Morgan fingerprint density at radius 1 is 1.32 bits per heavy atom. The highest BCUT2D eigenvalue weighted by Gasteiger charge is 2.16. The normalized spacial score (nSPS) is 14.9. The molecule has 0 spiro atoms. The van der Waals surface area contributed by atoms with Crippen LogP contribution in [0.3, 0.4) is 0 Å². The Morgan fingerprint density at radius 2 is 2.05 bits per heavy atom. The molecule has 2 rings (SSSR count). The van der Waals surface area contributed by atoms with E-state index in [9.17, 15) is 0 Å². The van der Waals surface area contributed by atoms with Crippen molar-refractivity contribution in [2.24, 2.45) is 5.41 Å². The Balaban J connectivity index is 2.39. The molecular weight excluding hydrogens is 234 g/mol. The second-order valence-electron chi connectivity index (χ2n) is 5.91. The molecule has 0 unspecified atom stereocenters. The van der Waals surface area contributed by atoms with Gasteiger partial charge in [-0.15, -0.1) is 0 Å². The second kappa shape index (κ2) is 5.01. The largest absolute Gasteiger partial charge is 0.491 e. The number of fused-ring (bicyclic) bond motifs is 1. The van der Waals surface area contributed by atoms with Crippen molar-refractivity contribution >= 4 is 5.69 Å². The van der Waals surface area contributed by atoms with Crippen LogP contribution in [0.15, 0.2) is 30.5 Å². The maximum atomic E-state index is 5.74. The number of hydrogen-bond donors (Lipinski definition) is 0. The molecule has 19 heavy (non-hydrogen) atoms. The smallest absolute Gasteiger partial charge is 0.143 e. The summed E-state index contributed by atoms with van der Waals surface area (Å²) in [5.41, 5.74) is 3.14. The van der Waals surface area contributed by atoms with Crippen LogP contribution in [0, 0.1) is 17.3 Å². The molecule has 2 nitrogen and oxygen atoms in total. The van der Waals surface area contributed by atoms with E-state index in [2.05, 4.69) is 50.2 Å². The third kappa shape index (κ3) is 3.32. The van der Waals surface area contributed by atoms with E-state index in [1.165, 1.54) is 0 Å². The number of anilines is 1. The molecule has 0 amide bonds. The molecular formula is C17H21NO. The van der Waals surface area contributed by atoms with Gasteiger partial charge in [0.1, 0.15) is 5.75 Å². The highest BCUT2D eigenvalue weighted by Crippen LogP contribution is 2.33. The molecule has 1 aromatic rings. The molecule has 0 radical (unpaired) electrons. The SMILES string of the molecule is C=C1CCOc2ccc(C#CC(C)(C)C)cc2N1C. The number of nitrogens with zero attached hydrogens (tertiary/aromatic N) is 1. The molecule has 0 aliphatic carbocycles. The summed E-state index contributed by atoms with van der Waals surface area (Å²) in [6.45, 7) is 11.1. The van der Waals surface area contributed by atoms with E-state index in [0.29, 0.717) is 6.61 Å². The topological polar surface area (TPSA) is 12.5 Å². The molecule has 1 heterocycles. The van der Waals surface area contributed by atoms with Gasteiger partial charge in [0.05, 0.1) is 12.3 Å². The van der Waals surface area contributed by atoms with Gasteiger partial charge in [-0.2, -0.15) is 0 Å². The van der Waals surface area contributed by atoms with Gasteiger partial charge in [0.15, 0.2) is 0 Å². The van der Waals surface area contributed by atoms with Gasteiger partial charge in [-0.05, 0) is 39.0 Å². The van der Waals surface area contributed by atoms with Gasteiger partial charge >= 0.3 is 0 Å². The number of hydrogen-bond acceptors (Lipinski definition) is 2. The minimum atomic E-state index is 0.0127. The van der Waals surface area contributed by atoms with Crippen molar-refractivity contribution in [3.05, 3.63) is 36.0 Å².